The summed E-state index contributed by atoms with van der Waals surface area (Å²) in [5, 5.41) is 6.47. The topological polar surface area (TPSA) is 120 Å². The van der Waals surface area contributed by atoms with E-state index in [-0.39, 0.29) is 24.1 Å². The summed E-state index contributed by atoms with van der Waals surface area (Å²) in [6.45, 7) is 7.60. The van der Waals surface area contributed by atoms with Gasteiger partial charge in [-0.3, -0.25) is 14.0 Å². The maximum Gasteiger partial charge on any atom is 0.293 e. The predicted molar refractivity (Wildman–Crippen MR) is 155 cm³/mol. The van der Waals surface area contributed by atoms with Gasteiger partial charge in [0, 0.05) is 12.2 Å². The summed E-state index contributed by atoms with van der Waals surface area (Å²) in [6, 6.07) is 7.13. The Bertz CT molecular complexity index is 1730. The van der Waals surface area contributed by atoms with Crippen LogP contribution in [-0.4, -0.2) is 43.4 Å². The van der Waals surface area contributed by atoms with E-state index in [9.17, 15) is 18.4 Å². The Balaban J connectivity index is 1.37. The summed E-state index contributed by atoms with van der Waals surface area (Å²) >= 11 is 0. The van der Waals surface area contributed by atoms with Crippen LogP contribution in [0.15, 0.2) is 36.5 Å². The number of rotatable bonds is 8. The number of nitrogens with one attached hydrogen (secondary N) is 2. The Labute approximate surface area is 246 Å². The third kappa shape index (κ3) is 5.04. The smallest absolute Gasteiger partial charge is 0.293 e. The van der Waals surface area contributed by atoms with Crippen molar-refractivity contribution < 1.29 is 27.8 Å². The number of aryl methyl sites for hydroxylation is 1. The van der Waals surface area contributed by atoms with E-state index in [0.717, 1.165) is 12.8 Å². The van der Waals surface area contributed by atoms with Crippen molar-refractivity contribution in [1.29, 1.82) is 0 Å². The lowest BCUT2D eigenvalue weighted by atomic mass is 9.82. The van der Waals surface area contributed by atoms with E-state index in [1.165, 1.54) is 18.2 Å². The molecule has 1 saturated carbocycles. The van der Waals surface area contributed by atoms with Gasteiger partial charge in [0.25, 0.3) is 6.47 Å². The lowest BCUT2D eigenvalue weighted by molar-refractivity contribution is -0.145. The minimum atomic E-state index is -0.864. The van der Waals surface area contributed by atoms with Gasteiger partial charge in [-0.05, 0) is 77.6 Å². The molecule has 224 valence electrons. The number of anilines is 2. The van der Waals surface area contributed by atoms with Crippen LogP contribution in [0.2, 0.25) is 0 Å². The second-order valence-electron chi connectivity index (χ2n) is 11.9. The second-order valence-corrected chi connectivity index (χ2v) is 11.9. The van der Waals surface area contributed by atoms with Crippen LogP contribution in [0.4, 0.5) is 20.4 Å². The average molecular weight is 591 g/mol. The van der Waals surface area contributed by atoms with Crippen LogP contribution in [-0.2, 0) is 26.3 Å². The van der Waals surface area contributed by atoms with Crippen molar-refractivity contribution in [3.8, 4) is 17.3 Å². The summed E-state index contributed by atoms with van der Waals surface area (Å²) in [7, 11) is 0. The molecule has 10 nitrogen and oxygen atoms in total. The number of hydrogen-bond acceptors (Lipinski definition) is 8. The largest absolute Gasteiger partial charge is 0.485 e. The molecule has 2 N–H and O–H groups in total. The van der Waals surface area contributed by atoms with Crippen molar-refractivity contribution in [3.63, 3.8) is 0 Å². The first-order valence-electron chi connectivity index (χ1n) is 14.2. The number of ether oxygens (including phenoxy) is 2. The number of imidazole rings is 1. The van der Waals surface area contributed by atoms with Crippen molar-refractivity contribution in [3.05, 3.63) is 65.0 Å². The van der Waals surface area contributed by atoms with E-state index < -0.39 is 22.7 Å². The van der Waals surface area contributed by atoms with Gasteiger partial charge in [0.2, 0.25) is 5.91 Å². The molecule has 1 aliphatic heterocycles. The first kappa shape index (κ1) is 28.5. The molecule has 3 aromatic heterocycles. The number of benzene rings is 1. The van der Waals surface area contributed by atoms with Crippen molar-refractivity contribution in [2.75, 3.05) is 10.6 Å². The van der Waals surface area contributed by atoms with Gasteiger partial charge in [0.15, 0.2) is 17.2 Å². The maximum absolute atomic E-state index is 14.2. The molecule has 0 spiro atoms. The molecule has 0 saturated heterocycles. The molecule has 1 aromatic carbocycles. The fourth-order valence-electron chi connectivity index (χ4n) is 5.89. The van der Waals surface area contributed by atoms with Crippen LogP contribution in [0.1, 0.15) is 63.3 Å². The number of carbonyl (C=O) groups excluding carboxylic acids is 2. The summed E-state index contributed by atoms with van der Waals surface area (Å²) in [5.41, 5.74) is 0.751. The first-order valence-corrected chi connectivity index (χ1v) is 14.2. The summed E-state index contributed by atoms with van der Waals surface area (Å²) in [5.74, 6) is 0.0700. The van der Waals surface area contributed by atoms with Crippen molar-refractivity contribution in [2.24, 2.45) is 0 Å². The van der Waals surface area contributed by atoms with E-state index in [4.69, 9.17) is 19.4 Å². The first-order chi connectivity index (χ1) is 20.5. The molecule has 0 atom stereocenters. The molecule has 4 aromatic rings. The molecule has 1 amide bonds. The van der Waals surface area contributed by atoms with Gasteiger partial charge in [-0.15, -0.1) is 0 Å². The number of fused-ring (bicyclic) bond motifs is 2. The molecule has 2 aliphatic rings. The molecule has 0 unspecified atom stereocenters. The van der Waals surface area contributed by atoms with E-state index in [0.29, 0.717) is 65.1 Å². The Morgan fingerprint density at radius 2 is 1.81 bits per heavy atom. The molecule has 6 rings (SSSR count). The van der Waals surface area contributed by atoms with Gasteiger partial charge < -0.3 is 20.1 Å². The highest BCUT2D eigenvalue weighted by Gasteiger charge is 2.44. The fourth-order valence-corrected chi connectivity index (χ4v) is 5.89. The van der Waals surface area contributed by atoms with Crippen LogP contribution in [0.25, 0.3) is 17.2 Å². The van der Waals surface area contributed by atoms with Crippen LogP contribution >= 0.6 is 0 Å². The zero-order valence-corrected chi connectivity index (χ0v) is 24.3. The lowest BCUT2D eigenvalue weighted by Gasteiger charge is -2.36. The zero-order chi connectivity index (χ0) is 30.5. The van der Waals surface area contributed by atoms with E-state index in [2.05, 4.69) is 15.6 Å². The molecule has 12 heteroatoms. The van der Waals surface area contributed by atoms with Gasteiger partial charge in [0.05, 0.1) is 22.2 Å². The van der Waals surface area contributed by atoms with Crippen molar-refractivity contribution in [1.82, 2.24) is 19.4 Å². The summed E-state index contributed by atoms with van der Waals surface area (Å²) in [4.78, 5) is 38.3. The van der Waals surface area contributed by atoms with E-state index >= 15 is 0 Å². The number of amides is 1. The number of carbonyl (C=O) groups is 2. The maximum atomic E-state index is 14.2. The molecule has 0 bridgehead atoms. The molecular formula is C31H32F2N6O4. The minimum absolute atomic E-state index is 0.0451. The molecule has 0 radical (unpaired) electrons. The SMILES string of the molecule is Cc1nc2c(OCc3c(F)cccc3F)cccn2c1-c1nc2c(c(NC3CCC(C)(OC=O)CC3)n1)C(C)(C)C(=O)N2. The number of halogens is 2. The third-order valence-electron chi connectivity index (χ3n) is 8.48. The zero-order valence-electron chi connectivity index (χ0n) is 24.3. The Kier molecular flexibility index (Phi) is 7.02. The summed E-state index contributed by atoms with van der Waals surface area (Å²) < 4.78 is 41.4. The summed E-state index contributed by atoms with van der Waals surface area (Å²) in [6.07, 6.45) is 4.66. The average Bonchev–Trinajstić information content (AvgIpc) is 3.41. The predicted octanol–water partition coefficient (Wildman–Crippen LogP) is 5.47. The van der Waals surface area contributed by atoms with E-state index in [1.54, 1.807) is 22.7 Å². The lowest BCUT2D eigenvalue weighted by Crippen LogP contribution is -2.38. The number of nitrogens with zero attached hydrogens (tertiary/aromatic N) is 4. The quantitative estimate of drug-likeness (QED) is 0.259. The number of pyridine rings is 1. The Hall–Kier alpha value is -4.61. The Morgan fingerprint density at radius 3 is 2.51 bits per heavy atom. The second kappa shape index (κ2) is 10.6. The number of aromatic nitrogens is 4. The highest BCUT2D eigenvalue weighted by atomic mass is 19.1. The van der Waals surface area contributed by atoms with E-state index in [1.807, 2.05) is 27.7 Å². The van der Waals surface area contributed by atoms with Crippen molar-refractivity contribution >= 4 is 29.7 Å². The Morgan fingerprint density at radius 1 is 1.09 bits per heavy atom. The molecule has 4 heterocycles. The van der Waals surface area contributed by atoms with Crippen LogP contribution in [0.5, 0.6) is 5.75 Å². The normalized spacial score (nSPS) is 20.9. The van der Waals surface area contributed by atoms with Gasteiger partial charge >= 0.3 is 0 Å². The molecule has 1 aliphatic carbocycles. The van der Waals surface area contributed by atoms with Crippen molar-refractivity contribution in [2.45, 2.75) is 77.0 Å². The van der Waals surface area contributed by atoms with Gasteiger partial charge in [-0.2, -0.15) is 0 Å². The monoisotopic (exact) mass is 590 g/mol. The standard InChI is InChI=1S/C31H32F2N6O4/c1-17-24(39-14-6-9-22(28(39)34-17)42-15-19-20(32)7-5-8-21(19)33)27-36-25(23-26(37-27)38-29(41)30(23,2)3)35-18-10-12-31(4,13-11-18)43-16-40/h5-9,14,16,18H,10-13,15H2,1-4H3,(H2,35,36,37,38,41). The van der Waals surface area contributed by atoms with Gasteiger partial charge in [-0.25, -0.2) is 23.7 Å². The molecule has 43 heavy (non-hydrogen) atoms. The van der Waals surface area contributed by atoms with Crippen LogP contribution < -0.4 is 15.4 Å². The number of hydrogen-bond donors (Lipinski definition) is 2. The van der Waals surface area contributed by atoms with Crippen LogP contribution in [0, 0.1) is 18.6 Å². The van der Waals surface area contributed by atoms with Crippen LogP contribution in [0.3, 0.4) is 0 Å². The molecular weight excluding hydrogens is 558 g/mol. The minimum Gasteiger partial charge on any atom is -0.485 e. The van der Waals surface area contributed by atoms with Gasteiger partial charge in [-0.1, -0.05) is 6.07 Å². The fraction of sp³-hybridized carbons (Fsp3) is 0.387. The molecule has 1 fully saturated rings. The third-order valence-corrected chi connectivity index (χ3v) is 8.48. The van der Waals surface area contributed by atoms with Gasteiger partial charge in [0.1, 0.15) is 41.2 Å². The highest BCUT2D eigenvalue weighted by molar-refractivity contribution is 6.06. The highest BCUT2D eigenvalue weighted by Crippen LogP contribution is 2.43.